The van der Waals surface area contributed by atoms with Gasteiger partial charge >= 0.3 is 0 Å². The van der Waals surface area contributed by atoms with E-state index in [1.807, 2.05) is 6.07 Å². The number of nitrogens with two attached hydrogens (primary N) is 1. The van der Waals surface area contributed by atoms with Crippen molar-refractivity contribution in [2.24, 2.45) is 5.73 Å². The fraction of sp³-hybridized carbons (Fsp3) is 0.300. The first-order valence-corrected chi connectivity index (χ1v) is 4.16. The van der Waals surface area contributed by atoms with Crippen LogP contribution in [0.1, 0.15) is 17.3 Å². The molecule has 1 heterocycles. The first-order valence-electron chi connectivity index (χ1n) is 4.16. The molecule has 0 bridgehead atoms. The van der Waals surface area contributed by atoms with Crippen molar-refractivity contribution in [2.45, 2.75) is 13.0 Å². The third kappa shape index (κ3) is 4.28. The number of hydrogen-bond donors (Lipinski definition) is 1. The van der Waals surface area contributed by atoms with Crippen molar-refractivity contribution in [3.05, 3.63) is 35.9 Å². The van der Waals surface area contributed by atoms with Crippen LogP contribution < -0.4 is 5.73 Å². The maximum atomic E-state index is 10.4. The van der Waals surface area contributed by atoms with Crippen LogP contribution in [0.4, 0.5) is 0 Å². The molecular weight excluding hydrogens is 166 g/mol. The van der Waals surface area contributed by atoms with Crippen molar-refractivity contribution in [3.8, 4) is 0 Å². The molecule has 0 aromatic heterocycles. The van der Waals surface area contributed by atoms with E-state index in [1.54, 1.807) is 24.3 Å². The monoisotopic (exact) mass is 179 g/mol. The summed E-state index contributed by atoms with van der Waals surface area (Å²) in [5, 5.41) is 0. The second-order valence-corrected chi connectivity index (χ2v) is 2.87. The second kappa shape index (κ2) is 4.62. The van der Waals surface area contributed by atoms with E-state index < -0.39 is 0 Å². The molecule has 2 rings (SSSR count). The zero-order valence-electron chi connectivity index (χ0n) is 7.57. The van der Waals surface area contributed by atoms with Gasteiger partial charge in [0.1, 0.15) is 0 Å². The summed E-state index contributed by atoms with van der Waals surface area (Å²) in [6.07, 6.45) is 0.583. The average Bonchev–Trinajstić information content (AvgIpc) is 2.90. The molecule has 1 aromatic carbocycles. The van der Waals surface area contributed by atoms with Crippen molar-refractivity contribution in [1.82, 2.24) is 0 Å². The van der Waals surface area contributed by atoms with Gasteiger partial charge in [-0.3, -0.25) is 4.79 Å². The van der Waals surface area contributed by atoms with Gasteiger partial charge in [-0.15, -0.1) is 0 Å². The molecule has 1 aliphatic rings. The molecule has 3 heteroatoms. The molecule has 3 nitrogen and oxygen atoms in total. The maximum Gasteiger partial charge on any atom is 0.248 e. The summed E-state index contributed by atoms with van der Waals surface area (Å²) in [6, 6.07) is 8.76. The molecule has 0 spiro atoms. The Labute approximate surface area is 77.5 Å². The predicted octanol–water partition coefficient (Wildman–Crippen LogP) is 1.19. The number of rotatable bonds is 1. The molecule has 1 amide bonds. The molecule has 1 fully saturated rings. The lowest BCUT2D eigenvalue weighted by Gasteiger charge is -1.89. The fourth-order valence-corrected chi connectivity index (χ4v) is 0.699. The lowest BCUT2D eigenvalue weighted by atomic mass is 10.2. The van der Waals surface area contributed by atoms with Gasteiger partial charge in [0.2, 0.25) is 5.91 Å². The first kappa shape index (κ1) is 9.74. The van der Waals surface area contributed by atoms with E-state index >= 15 is 0 Å². The Bertz CT molecular complexity index is 268. The highest BCUT2D eigenvalue weighted by atomic mass is 16.6. The second-order valence-electron chi connectivity index (χ2n) is 2.87. The molecule has 1 saturated heterocycles. The number of primary amides is 1. The maximum absolute atomic E-state index is 10.4. The quantitative estimate of drug-likeness (QED) is 0.658. The van der Waals surface area contributed by atoms with Crippen LogP contribution in [0.15, 0.2) is 30.3 Å². The van der Waals surface area contributed by atoms with Crippen LogP contribution in [-0.2, 0) is 4.74 Å². The van der Waals surface area contributed by atoms with Crippen molar-refractivity contribution < 1.29 is 9.53 Å². The number of hydrogen-bond acceptors (Lipinski definition) is 2. The molecule has 1 atom stereocenters. The minimum absolute atomic E-state index is 0.379. The highest BCUT2D eigenvalue weighted by Crippen LogP contribution is 2.04. The Morgan fingerprint density at radius 3 is 2.15 bits per heavy atom. The summed E-state index contributed by atoms with van der Waals surface area (Å²) in [6.45, 7) is 3.04. The predicted molar refractivity (Wildman–Crippen MR) is 50.4 cm³/mol. The van der Waals surface area contributed by atoms with Crippen LogP contribution in [-0.4, -0.2) is 18.6 Å². The number of epoxide rings is 1. The van der Waals surface area contributed by atoms with Gasteiger partial charge in [0.25, 0.3) is 0 Å². The third-order valence-electron chi connectivity index (χ3n) is 1.56. The van der Waals surface area contributed by atoms with Crippen molar-refractivity contribution in [3.63, 3.8) is 0 Å². The number of carbonyl (C=O) groups excluding carboxylic acids is 1. The molecule has 70 valence electrons. The van der Waals surface area contributed by atoms with Crippen molar-refractivity contribution in [1.29, 1.82) is 0 Å². The van der Waals surface area contributed by atoms with Gasteiger partial charge in [-0.25, -0.2) is 0 Å². The Kier molecular flexibility index (Phi) is 3.46. The minimum Gasteiger partial charge on any atom is -0.373 e. The molecule has 0 aliphatic carbocycles. The molecule has 2 N–H and O–H groups in total. The Balaban J connectivity index is 0.000000175. The van der Waals surface area contributed by atoms with Gasteiger partial charge < -0.3 is 10.5 Å². The van der Waals surface area contributed by atoms with Crippen LogP contribution in [0.3, 0.4) is 0 Å². The summed E-state index contributed by atoms with van der Waals surface area (Å²) in [5.74, 6) is -0.379. The lowest BCUT2D eigenvalue weighted by Crippen LogP contribution is -2.09. The molecule has 0 saturated carbocycles. The average molecular weight is 179 g/mol. The van der Waals surface area contributed by atoms with Gasteiger partial charge in [-0.2, -0.15) is 0 Å². The number of benzene rings is 1. The van der Waals surface area contributed by atoms with Gasteiger partial charge in [0.05, 0.1) is 12.7 Å². The summed E-state index contributed by atoms with van der Waals surface area (Å²) >= 11 is 0. The number of ether oxygens (including phenoxy) is 1. The van der Waals surface area contributed by atoms with E-state index in [1.165, 1.54) is 0 Å². The van der Waals surface area contributed by atoms with Crippen LogP contribution in [0.2, 0.25) is 0 Å². The highest BCUT2D eigenvalue weighted by molar-refractivity contribution is 5.92. The van der Waals surface area contributed by atoms with E-state index in [2.05, 4.69) is 6.92 Å². The summed E-state index contributed by atoms with van der Waals surface area (Å²) in [7, 11) is 0. The highest BCUT2D eigenvalue weighted by Gasteiger charge is 2.13. The normalized spacial score (nSPS) is 18.4. The van der Waals surface area contributed by atoms with Crippen molar-refractivity contribution >= 4 is 5.91 Å². The van der Waals surface area contributed by atoms with Gasteiger partial charge in [-0.1, -0.05) is 18.2 Å². The summed E-state index contributed by atoms with van der Waals surface area (Å²) < 4.78 is 4.71. The van der Waals surface area contributed by atoms with Crippen LogP contribution >= 0.6 is 0 Å². The zero-order valence-corrected chi connectivity index (χ0v) is 7.57. The van der Waals surface area contributed by atoms with E-state index in [-0.39, 0.29) is 5.91 Å². The SMILES string of the molecule is CC1CO1.NC(=O)c1ccccc1. The molecular formula is C10H13NO2. The molecule has 1 aliphatic heterocycles. The van der Waals surface area contributed by atoms with Crippen LogP contribution in [0.25, 0.3) is 0 Å². The Morgan fingerprint density at radius 2 is 1.92 bits per heavy atom. The first-order chi connectivity index (χ1) is 6.20. The van der Waals surface area contributed by atoms with E-state index in [0.29, 0.717) is 11.7 Å². The minimum atomic E-state index is -0.379. The van der Waals surface area contributed by atoms with Crippen LogP contribution in [0.5, 0.6) is 0 Å². The molecule has 0 radical (unpaired) electrons. The number of amides is 1. The fourth-order valence-electron chi connectivity index (χ4n) is 0.699. The van der Waals surface area contributed by atoms with E-state index in [4.69, 9.17) is 10.5 Å². The molecule has 1 unspecified atom stereocenters. The van der Waals surface area contributed by atoms with Gasteiger partial charge in [0, 0.05) is 5.56 Å². The van der Waals surface area contributed by atoms with Crippen LogP contribution in [0, 0.1) is 0 Å². The third-order valence-corrected chi connectivity index (χ3v) is 1.56. The van der Waals surface area contributed by atoms with Gasteiger partial charge in [-0.05, 0) is 19.1 Å². The van der Waals surface area contributed by atoms with E-state index in [0.717, 1.165) is 6.61 Å². The van der Waals surface area contributed by atoms with E-state index in [9.17, 15) is 4.79 Å². The summed E-state index contributed by atoms with van der Waals surface area (Å²) in [4.78, 5) is 10.4. The number of carbonyl (C=O) groups is 1. The lowest BCUT2D eigenvalue weighted by molar-refractivity contribution is 0.100. The standard InChI is InChI=1S/C7H7NO.C3H6O/c8-7(9)6-4-2-1-3-5-6;1-3-2-4-3/h1-5H,(H2,8,9);3H,2H2,1H3. The smallest absolute Gasteiger partial charge is 0.248 e. The summed E-state index contributed by atoms with van der Waals surface area (Å²) in [5.41, 5.74) is 5.53. The largest absolute Gasteiger partial charge is 0.373 e. The molecule has 1 aromatic rings. The van der Waals surface area contributed by atoms with Crippen molar-refractivity contribution in [2.75, 3.05) is 6.61 Å². The van der Waals surface area contributed by atoms with Gasteiger partial charge in [0.15, 0.2) is 0 Å². The topological polar surface area (TPSA) is 55.6 Å². The Morgan fingerprint density at radius 1 is 1.46 bits per heavy atom. The molecule has 13 heavy (non-hydrogen) atoms. The Hall–Kier alpha value is -1.35. The zero-order chi connectivity index (χ0) is 9.68.